The van der Waals surface area contributed by atoms with Gasteiger partial charge in [0.2, 0.25) is 0 Å². The Morgan fingerprint density at radius 2 is 1.86 bits per heavy atom. The molecule has 1 aromatic carbocycles. The minimum atomic E-state index is 0.525. The highest BCUT2D eigenvalue weighted by Crippen LogP contribution is 2.34. The predicted molar refractivity (Wildman–Crippen MR) is 89.7 cm³/mol. The van der Waals surface area contributed by atoms with Gasteiger partial charge in [0.15, 0.2) is 0 Å². The standard InChI is InChI=1S/C19H30N2/c1-5-21(18-11-16-8-9-17(12-18)20-16)15(4)19-10-13(2)6-7-14(19)3/h6-7,10,15-18,20H,5,8-9,11-12H2,1-4H3. The molecule has 3 rings (SSSR count). The molecule has 2 aliphatic rings. The van der Waals surface area contributed by atoms with Crippen molar-refractivity contribution in [1.82, 2.24) is 10.2 Å². The molecule has 0 spiro atoms. The zero-order chi connectivity index (χ0) is 15.0. The first-order valence-electron chi connectivity index (χ1n) is 8.67. The molecule has 2 heterocycles. The van der Waals surface area contributed by atoms with Crippen molar-refractivity contribution in [1.29, 1.82) is 0 Å². The zero-order valence-corrected chi connectivity index (χ0v) is 14.0. The number of aryl methyl sites for hydroxylation is 2. The van der Waals surface area contributed by atoms with Gasteiger partial charge in [0.1, 0.15) is 0 Å². The summed E-state index contributed by atoms with van der Waals surface area (Å²) in [6.45, 7) is 10.3. The summed E-state index contributed by atoms with van der Waals surface area (Å²) in [6, 6.07) is 9.72. The van der Waals surface area contributed by atoms with Gasteiger partial charge in [-0.2, -0.15) is 0 Å². The van der Waals surface area contributed by atoms with Crippen LogP contribution in [0.4, 0.5) is 0 Å². The van der Waals surface area contributed by atoms with Gasteiger partial charge >= 0.3 is 0 Å². The minimum absolute atomic E-state index is 0.525. The first-order valence-corrected chi connectivity index (χ1v) is 8.67. The monoisotopic (exact) mass is 286 g/mol. The van der Waals surface area contributed by atoms with Crippen LogP contribution in [0, 0.1) is 13.8 Å². The van der Waals surface area contributed by atoms with E-state index in [4.69, 9.17) is 0 Å². The van der Waals surface area contributed by atoms with E-state index in [0.29, 0.717) is 6.04 Å². The molecule has 0 saturated carbocycles. The predicted octanol–water partition coefficient (Wildman–Crippen LogP) is 3.97. The Hall–Kier alpha value is -0.860. The van der Waals surface area contributed by atoms with Gasteiger partial charge in [0.25, 0.3) is 0 Å². The van der Waals surface area contributed by atoms with E-state index in [1.807, 2.05) is 0 Å². The van der Waals surface area contributed by atoms with E-state index < -0.39 is 0 Å². The molecule has 3 unspecified atom stereocenters. The summed E-state index contributed by atoms with van der Waals surface area (Å²) in [5.74, 6) is 0. The van der Waals surface area contributed by atoms with Crippen molar-refractivity contribution >= 4 is 0 Å². The SMILES string of the molecule is CCN(C1CC2CCC(C1)N2)C(C)c1cc(C)ccc1C. The van der Waals surface area contributed by atoms with Gasteiger partial charge in [-0.15, -0.1) is 0 Å². The van der Waals surface area contributed by atoms with Gasteiger partial charge in [-0.05, 0) is 64.1 Å². The Morgan fingerprint density at radius 1 is 1.19 bits per heavy atom. The van der Waals surface area contributed by atoms with Gasteiger partial charge in [-0.25, -0.2) is 0 Å². The summed E-state index contributed by atoms with van der Waals surface area (Å²) < 4.78 is 0. The smallest absolute Gasteiger partial charge is 0.0325 e. The maximum atomic E-state index is 3.77. The second-order valence-electron chi connectivity index (χ2n) is 7.13. The van der Waals surface area contributed by atoms with Crippen LogP contribution < -0.4 is 5.32 Å². The Balaban J connectivity index is 1.80. The number of hydrogen-bond donors (Lipinski definition) is 1. The molecular weight excluding hydrogens is 256 g/mol. The summed E-state index contributed by atoms with van der Waals surface area (Å²) >= 11 is 0. The highest BCUT2D eigenvalue weighted by atomic mass is 15.2. The second-order valence-corrected chi connectivity index (χ2v) is 7.13. The molecule has 2 nitrogen and oxygen atoms in total. The van der Waals surface area contributed by atoms with E-state index in [1.165, 1.54) is 42.4 Å². The van der Waals surface area contributed by atoms with Crippen LogP contribution in [0.2, 0.25) is 0 Å². The van der Waals surface area contributed by atoms with Crippen molar-refractivity contribution in [3.63, 3.8) is 0 Å². The van der Waals surface area contributed by atoms with Gasteiger partial charge in [-0.3, -0.25) is 4.90 Å². The molecule has 2 saturated heterocycles. The molecule has 1 N–H and O–H groups in total. The number of hydrogen-bond acceptors (Lipinski definition) is 2. The van der Waals surface area contributed by atoms with Gasteiger partial charge < -0.3 is 5.32 Å². The first-order chi connectivity index (χ1) is 10.1. The number of nitrogens with one attached hydrogen (secondary N) is 1. The van der Waals surface area contributed by atoms with E-state index in [1.54, 1.807) is 0 Å². The Bertz CT molecular complexity index is 484. The summed E-state index contributed by atoms with van der Waals surface area (Å²) in [5, 5.41) is 3.77. The highest BCUT2D eigenvalue weighted by Gasteiger charge is 2.37. The molecule has 0 aliphatic carbocycles. The summed E-state index contributed by atoms with van der Waals surface area (Å²) in [5.41, 5.74) is 4.33. The fourth-order valence-electron chi connectivity index (χ4n) is 4.53. The van der Waals surface area contributed by atoms with Gasteiger partial charge in [0.05, 0.1) is 0 Å². The lowest BCUT2D eigenvalue weighted by Crippen LogP contribution is -2.48. The van der Waals surface area contributed by atoms with Crippen molar-refractivity contribution in [2.45, 2.75) is 77.5 Å². The Kier molecular flexibility index (Phi) is 4.37. The lowest BCUT2D eigenvalue weighted by molar-refractivity contribution is 0.107. The van der Waals surface area contributed by atoms with Crippen LogP contribution in [-0.4, -0.2) is 29.6 Å². The van der Waals surface area contributed by atoms with E-state index >= 15 is 0 Å². The van der Waals surface area contributed by atoms with Crippen LogP contribution >= 0.6 is 0 Å². The first kappa shape index (κ1) is 15.1. The largest absolute Gasteiger partial charge is 0.311 e. The van der Waals surface area contributed by atoms with E-state index in [9.17, 15) is 0 Å². The molecule has 1 aromatic rings. The third kappa shape index (κ3) is 3.02. The van der Waals surface area contributed by atoms with Crippen LogP contribution in [0.15, 0.2) is 18.2 Å². The molecule has 0 amide bonds. The molecule has 2 bridgehead atoms. The van der Waals surface area contributed by atoms with Crippen LogP contribution in [0.3, 0.4) is 0 Å². The second kappa shape index (κ2) is 6.10. The van der Waals surface area contributed by atoms with E-state index in [2.05, 4.69) is 56.1 Å². The molecular formula is C19H30N2. The van der Waals surface area contributed by atoms with Crippen molar-refractivity contribution in [2.24, 2.45) is 0 Å². The Labute approximate surface area is 129 Å². The number of fused-ring (bicyclic) bond motifs is 2. The molecule has 2 fully saturated rings. The van der Waals surface area contributed by atoms with Gasteiger partial charge in [-0.1, -0.05) is 30.7 Å². The maximum Gasteiger partial charge on any atom is 0.0325 e. The third-order valence-electron chi connectivity index (χ3n) is 5.66. The van der Waals surface area contributed by atoms with E-state index in [0.717, 1.165) is 24.7 Å². The van der Waals surface area contributed by atoms with Crippen LogP contribution in [0.1, 0.15) is 62.3 Å². The molecule has 0 radical (unpaired) electrons. The van der Waals surface area contributed by atoms with Crippen molar-refractivity contribution in [2.75, 3.05) is 6.54 Å². The number of benzene rings is 1. The number of piperidine rings is 1. The van der Waals surface area contributed by atoms with Gasteiger partial charge in [0, 0.05) is 24.2 Å². The minimum Gasteiger partial charge on any atom is -0.311 e. The average Bonchev–Trinajstić information content (AvgIpc) is 2.81. The number of nitrogens with zero attached hydrogens (tertiary/aromatic N) is 1. The quantitative estimate of drug-likeness (QED) is 0.901. The number of rotatable bonds is 4. The van der Waals surface area contributed by atoms with Crippen LogP contribution in [-0.2, 0) is 0 Å². The Morgan fingerprint density at radius 3 is 2.48 bits per heavy atom. The summed E-state index contributed by atoms with van der Waals surface area (Å²) in [4.78, 5) is 2.74. The fraction of sp³-hybridized carbons (Fsp3) is 0.684. The van der Waals surface area contributed by atoms with Crippen molar-refractivity contribution in [3.05, 3.63) is 34.9 Å². The molecule has 2 heteroatoms. The maximum absolute atomic E-state index is 3.77. The lowest BCUT2D eigenvalue weighted by atomic mass is 9.93. The van der Waals surface area contributed by atoms with Crippen LogP contribution in [0.5, 0.6) is 0 Å². The topological polar surface area (TPSA) is 15.3 Å². The fourth-order valence-corrected chi connectivity index (χ4v) is 4.53. The lowest BCUT2D eigenvalue weighted by Gasteiger charge is -2.41. The van der Waals surface area contributed by atoms with Crippen LogP contribution in [0.25, 0.3) is 0 Å². The highest BCUT2D eigenvalue weighted by molar-refractivity contribution is 5.32. The summed E-state index contributed by atoms with van der Waals surface area (Å²) in [6.07, 6.45) is 5.44. The molecule has 0 aromatic heterocycles. The molecule has 116 valence electrons. The van der Waals surface area contributed by atoms with Crippen molar-refractivity contribution in [3.8, 4) is 0 Å². The van der Waals surface area contributed by atoms with E-state index in [-0.39, 0.29) is 0 Å². The van der Waals surface area contributed by atoms with Crippen molar-refractivity contribution < 1.29 is 0 Å². The zero-order valence-electron chi connectivity index (χ0n) is 14.0. The average molecular weight is 286 g/mol. The molecule has 2 aliphatic heterocycles. The normalized spacial score (nSPS) is 29.9. The summed E-state index contributed by atoms with van der Waals surface area (Å²) in [7, 11) is 0. The molecule has 3 atom stereocenters. The third-order valence-corrected chi connectivity index (χ3v) is 5.66. The molecule has 21 heavy (non-hydrogen) atoms.